The highest BCUT2D eigenvalue weighted by molar-refractivity contribution is 5.81. The van der Waals surface area contributed by atoms with Gasteiger partial charge in [0.1, 0.15) is 0 Å². The van der Waals surface area contributed by atoms with Gasteiger partial charge < -0.3 is 16.0 Å². The van der Waals surface area contributed by atoms with Crippen LogP contribution in [0, 0.1) is 0 Å². The maximum atomic E-state index is 11.6. The average molecular weight is 255 g/mol. The lowest BCUT2D eigenvalue weighted by molar-refractivity contribution is -0.122. The number of nitrogens with zero attached hydrogens (tertiary/aromatic N) is 1. The van der Waals surface area contributed by atoms with Crippen molar-refractivity contribution in [1.82, 2.24) is 10.2 Å². The summed E-state index contributed by atoms with van der Waals surface area (Å²) in [4.78, 5) is 14.1. The standard InChI is InChI=1S/C14H29N3O/c1-3-7-13(15)14(18)16-9-6-11-17-10-5-4-8-12(17)2/h12-13H,3-11,15H2,1-2H3,(H,16,18). The summed E-state index contributed by atoms with van der Waals surface area (Å²) < 4.78 is 0. The van der Waals surface area contributed by atoms with Crippen molar-refractivity contribution in [3.63, 3.8) is 0 Å². The molecule has 1 heterocycles. The van der Waals surface area contributed by atoms with Crippen LogP contribution in [0.15, 0.2) is 0 Å². The van der Waals surface area contributed by atoms with Crippen molar-refractivity contribution in [2.75, 3.05) is 19.6 Å². The van der Waals surface area contributed by atoms with Gasteiger partial charge in [-0.15, -0.1) is 0 Å². The molecule has 1 aliphatic rings. The highest BCUT2D eigenvalue weighted by atomic mass is 16.2. The summed E-state index contributed by atoms with van der Waals surface area (Å²) in [5.74, 6) is 0.00328. The molecule has 106 valence electrons. The number of piperidine rings is 1. The third-order valence-corrected chi connectivity index (χ3v) is 3.80. The summed E-state index contributed by atoms with van der Waals surface area (Å²) in [6.07, 6.45) is 6.75. The van der Waals surface area contributed by atoms with Gasteiger partial charge in [-0.1, -0.05) is 19.8 Å². The van der Waals surface area contributed by atoms with Gasteiger partial charge in [0, 0.05) is 19.1 Å². The zero-order chi connectivity index (χ0) is 13.4. The minimum atomic E-state index is -0.330. The van der Waals surface area contributed by atoms with E-state index < -0.39 is 0 Å². The molecule has 0 radical (unpaired) electrons. The molecular formula is C14H29N3O. The van der Waals surface area contributed by atoms with E-state index >= 15 is 0 Å². The predicted octanol–water partition coefficient (Wildman–Crippen LogP) is 1.49. The Morgan fingerprint density at radius 1 is 1.50 bits per heavy atom. The fraction of sp³-hybridized carbons (Fsp3) is 0.929. The summed E-state index contributed by atoms with van der Waals surface area (Å²) in [6.45, 7) is 7.40. The van der Waals surface area contributed by atoms with Crippen molar-refractivity contribution >= 4 is 5.91 Å². The van der Waals surface area contributed by atoms with Gasteiger partial charge in [-0.05, 0) is 39.2 Å². The Morgan fingerprint density at radius 2 is 2.28 bits per heavy atom. The molecule has 18 heavy (non-hydrogen) atoms. The number of carbonyl (C=O) groups is 1. The van der Waals surface area contributed by atoms with Gasteiger partial charge >= 0.3 is 0 Å². The van der Waals surface area contributed by atoms with E-state index in [2.05, 4.69) is 17.1 Å². The smallest absolute Gasteiger partial charge is 0.236 e. The summed E-state index contributed by atoms with van der Waals surface area (Å²) >= 11 is 0. The van der Waals surface area contributed by atoms with E-state index in [0.29, 0.717) is 6.04 Å². The Morgan fingerprint density at radius 3 is 2.94 bits per heavy atom. The highest BCUT2D eigenvalue weighted by Gasteiger charge is 2.17. The highest BCUT2D eigenvalue weighted by Crippen LogP contribution is 2.15. The molecule has 3 N–H and O–H groups in total. The van der Waals surface area contributed by atoms with Crippen molar-refractivity contribution in [2.45, 2.75) is 64.5 Å². The molecule has 0 saturated carbocycles. The number of nitrogens with two attached hydrogens (primary N) is 1. The molecule has 0 spiro atoms. The summed E-state index contributed by atoms with van der Waals surface area (Å²) in [7, 11) is 0. The van der Waals surface area contributed by atoms with Crippen molar-refractivity contribution in [3.8, 4) is 0 Å². The minimum Gasteiger partial charge on any atom is -0.355 e. The maximum absolute atomic E-state index is 11.6. The number of nitrogens with one attached hydrogen (secondary N) is 1. The molecular weight excluding hydrogens is 226 g/mol. The Hall–Kier alpha value is -0.610. The van der Waals surface area contributed by atoms with E-state index in [1.165, 1.54) is 25.8 Å². The Labute approximate surface area is 111 Å². The lowest BCUT2D eigenvalue weighted by atomic mass is 10.0. The van der Waals surface area contributed by atoms with Crippen molar-refractivity contribution < 1.29 is 4.79 Å². The first-order valence-corrected chi connectivity index (χ1v) is 7.42. The Kier molecular flexibility index (Phi) is 7.28. The third kappa shape index (κ3) is 5.36. The van der Waals surface area contributed by atoms with Crippen LogP contribution in [0.1, 0.15) is 52.4 Å². The van der Waals surface area contributed by atoms with Gasteiger partial charge in [0.2, 0.25) is 5.91 Å². The molecule has 1 amide bonds. The minimum absolute atomic E-state index is 0.00328. The van der Waals surface area contributed by atoms with Crippen molar-refractivity contribution in [2.24, 2.45) is 5.73 Å². The number of hydrogen-bond donors (Lipinski definition) is 2. The number of amides is 1. The Bertz CT molecular complexity index is 245. The largest absolute Gasteiger partial charge is 0.355 e. The van der Waals surface area contributed by atoms with Crippen molar-refractivity contribution in [3.05, 3.63) is 0 Å². The van der Waals surface area contributed by atoms with Gasteiger partial charge in [-0.3, -0.25) is 4.79 Å². The molecule has 2 unspecified atom stereocenters. The summed E-state index contributed by atoms with van der Waals surface area (Å²) in [5.41, 5.74) is 5.75. The van der Waals surface area contributed by atoms with Crippen LogP contribution in [0.3, 0.4) is 0 Å². The second kappa shape index (κ2) is 8.48. The topological polar surface area (TPSA) is 58.4 Å². The second-order valence-corrected chi connectivity index (χ2v) is 5.42. The van der Waals surface area contributed by atoms with Crippen LogP contribution < -0.4 is 11.1 Å². The quantitative estimate of drug-likeness (QED) is 0.678. The van der Waals surface area contributed by atoms with E-state index in [-0.39, 0.29) is 11.9 Å². The lowest BCUT2D eigenvalue weighted by Gasteiger charge is -2.33. The van der Waals surface area contributed by atoms with Crippen LogP contribution in [-0.4, -0.2) is 42.5 Å². The van der Waals surface area contributed by atoms with E-state index in [1.807, 2.05) is 6.92 Å². The molecule has 1 saturated heterocycles. The fourth-order valence-electron chi connectivity index (χ4n) is 2.56. The van der Waals surface area contributed by atoms with E-state index in [9.17, 15) is 4.79 Å². The van der Waals surface area contributed by atoms with Crippen LogP contribution in [0.4, 0.5) is 0 Å². The Balaban J connectivity index is 2.08. The lowest BCUT2D eigenvalue weighted by Crippen LogP contribution is -2.42. The molecule has 4 heteroatoms. The first kappa shape index (κ1) is 15.4. The van der Waals surface area contributed by atoms with E-state index in [1.54, 1.807) is 0 Å². The van der Waals surface area contributed by atoms with Crippen LogP contribution in [0.25, 0.3) is 0 Å². The third-order valence-electron chi connectivity index (χ3n) is 3.80. The molecule has 1 fully saturated rings. The molecule has 0 aromatic rings. The molecule has 2 atom stereocenters. The SMILES string of the molecule is CCCC(N)C(=O)NCCCN1CCCCC1C. The number of hydrogen-bond acceptors (Lipinski definition) is 3. The van der Waals surface area contributed by atoms with Gasteiger partial charge in [0.25, 0.3) is 0 Å². The number of rotatable bonds is 7. The fourth-order valence-corrected chi connectivity index (χ4v) is 2.56. The summed E-state index contributed by atoms with van der Waals surface area (Å²) in [5, 5.41) is 2.93. The molecule has 1 aliphatic heterocycles. The molecule has 0 aromatic carbocycles. The monoisotopic (exact) mass is 255 g/mol. The first-order valence-electron chi connectivity index (χ1n) is 7.42. The zero-order valence-electron chi connectivity index (χ0n) is 12.0. The molecule has 0 aromatic heterocycles. The number of likely N-dealkylation sites (tertiary alicyclic amines) is 1. The molecule has 0 bridgehead atoms. The van der Waals surface area contributed by atoms with Crippen molar-refractivity contribution in [1.29, 1.82) is 0 Å². The normalized spacial score (nSPS) is 22.7. The number of carbonyl (C=O) groups excluding carboxylic acids is 1. The van der Waals surface area contributed by atoms with Gasteiger partial charge in [0.05, 0.1) is 6.04 Å². The zero-order valence-corrected chi connectivity index (χ0v) is 12.0. The maximum Gasteiger partial charge on any atom is 0.236 e. The second-order valence-electron chi connectivity index (χ2n) is 5.42. The van der Waals surface area contributed by atoms with Crippen LogP contribution in [-0.2, 0) is 4.79 Å². The van der Waals surface area contributed by atoms with Crippen LogP contribution in [0.5, 0.6) is 0 Å². The summed E-state index contributed by atoms with van der Waals surface area (Å²) in [6, 6.07) is 0.376. The molecule has 4 nitrogen and oxygen atoms in total. The first-order chi connectivity index (χ1) is 8.65. The van der Waals surface area contributed by atoms with E-state index in [4.69, 9.17) is 5.73 Å². The molecule has 1 rings (SSSR count). The van der Waals surface area contributed by atoms with Crippen LogP contribution >= 0.6 is 0 Å². The van der Waals surface area contributed by atoms with Crippen LogP contribution in [0.2, 0.25) is 0 Å². The van der Waals surface area contributed by atoms with Gasteiger partial charge in [-0.25, -0.2) is 0 Å². The van der Waals surface area contributed by atoms with E-state index in [0.717, 1.165) is 32.4 Å². The van der Waals surface area contributed by atoms with Gasteiger partial charge in [-0.2, -0.15) is 0 Å². The van der Waals surface area contributed by atoms with Gasteiger partial charge in [0.15, 0.2) is 0 Å². The average Bonchev–Trinajstić information content (AvgIpc) is 2.36. The predicted molar refractivity (Wildman–Crippen MR) is 75.4 cm³/mol. The molecule has 0 aliphatic carbocycles.